The quantitative estimate of drug-likeness (QED) is 0.548. The molecule has 6 heteroatoms. The normalized spacial score (nSPS) is 10.3. The van der Waals surface area contributed by atoms with Crippen molar-refractivity contribution in [2.75, 3.05) is 0 Å². The number of thiol groups is 1. The van der Waals surface area contributed by atoms with E-state index < -0.39 is 0 Å². The van der Waals surface area contributed by atoms with Crippen molar-refractivity contribution in [1.82, 2.24) is 0 Å². The van der Waals surface area contributed by atoms with E-state index in [0.29, 0.717) is 5.02 Å². The number of benzene rings is 1. The molecule has 0 bridgehead atoms. The van der Waals surface area contributed by atoms with E-state index in [2.05, 4.69) is 12.6 Å². The van der Waals surface area contributed by atoms with Crippen molar-refractivity contribution >= 4 is 48.1 Å². The average Bonchev–Trinajstić information content (AvgIpc) is 2.05. The smallest absolute Gasteiger partial charge is 0.0566 e. The SMILES string of the molecule is NSc1cc(SN)c(Cl)cc1S. The third kappa shape index (κ3) is 2.25. The molecule has 0 amide bonds. The molecule has 0 aliphatic carbocycles. The van der Waals surface area contributed by atoms with Gasteiger partial charge in [-0.15, -0.1) is 12.6 Å². The maximum Gasteiger partial charge on any atom is 0.0566 e. The Hall–Kier alpha value is 0.480. The van der Waals surface area contributed by atoms with Gasteiger partial charge in [-0.05, 0) is 36.0 Å². The van der Waals surface area contributed by atoms with E-state index in [-0.39, 0.29) is 0 Å². The minimum absolute atomic E-state index is 0.602. The highest BCUT2D eigenvalue weighted by Crippen LogP contribution is 2.32. The summed E-state index contributed by atoms with van der Waals surface area (Å²) in [5.74, 6) is 0. The van der Waals surface area contributed by atoms with Crippen LogP contribution in [0.3, 0.4) is 0 Å². The van der Waals surface area contributed by atoms with Crippen LogP contribution < -0.4 is 10.3 Å². The van der Waals surface area contributed by atoms with Crippen molar-refractivity contribution in [2.45, 2.75) is 14.7 Å². The summed E-state index contributed by atoms with van der Waals surface area (Å²) in [6.07, 6.45) is 0. The van der Waals surface area contributed by atoms with Crippen molar-refractivity contribution in [1.29, 1.82) is 0 Å². The van der Waals surface area contributed by atoms with Crippen LogP contribution >= 0.6 is 48.1 Å². The standard InChI is InChI=1S/C6H7ClN2S3/c7-3-1-4(10)6(12-9)2-5(3)11-8/h1-2,10H,8-9H2. The molecule has 1 aromatic carbocycles. The summed E-state index contributed by atoms with van der Waals surface area (Å²) in [6, 6.07) is 3.55. The number of hydrogen-bond donors (Lipinski definition) is 3. The lowest BCUT2D eigenvalue weighted by Gasteiger charge is -2.05. The van der Waals surface area contributed by atoms with Gasteiger partial charge in [0.15, 0.2) is 0 Å². The third-order valence-electron chi connectivity index (χ3n) is 1.27. The van der Waals surface area contributed by atoms with Gasteiger partial charge >= 0.3 is 0 Å². The van der Waals surface area contributed by atoms with Crippen LogP contribution in [0.5, 0.6) is 0 Å². The predicted molar refractivity (Wildman–Crippen MR) is 58.8 cm³/mol. The van der Waals surface area contributed by atoms with Gasteiger partial charge in [0.05, 0.1) is 5.02 Å². The second-order valence-corrected chi connectivity index (χ2v) is 4.23. The molecule has 66 valence electrons. The van der Waals surface area contributed by atoms with Gasteiger partial charge in [-0.3, -0.25) is 10.3 Å². The van der Waals surface area contributed by atoms with Gasteiger partial charge in [-0.25, -0.2) is 0 Å². The van der Waals surface area contributed by atoms with Gasteiger partial charge in [-0.2, -0.15) is 0 Å². The molecule has 0 spiro atoms. The van der Waals surface area contributed by atoms with Crippen LogP contribution in [0.2, 0.25) is 5.02 Å². The van der Waals surface area contributed by atoms with Crippen molar-refractivity contribution < 1.29 is 0 Å². The summed E-state index contributed by atoms with van der Waals surface area (Å²) >= 11 is 12.3. The largest absolute Gasteiger partial charge is 0.274 e. The van der Waals surface area contributed by atoms with Gasteiger partial charge in [0.1, 0.15) is 0 Å². The van der Waals surface area contributed by atoms with E-state index >= 15 is 0 Å². The van der Waals surface area contributed by atoms with E-state index in [1.807, 2.05) is 6.07 Å². The molecule has 0 unspecified atom stereocenters. The molecule has 1 rings (SSSR count). The van der Waals surface area contributed by atoms with Crippen molar-refractivity contribution in [3.8, 4) is 0 Å². The molecule has 0 aromatic heterocycles. The molecule has 0 fully saturated rings. The zero-order chi connectivity index (χ0) is 9.14. The Balaban J connectivity index is 3.18. The molecule has 0 atom stereocenters. The maximum absolute atomic E-state index is 5.86. The fourth-order valence-corrected chi connectivity index (χ4v) is 2.23. The summed E-state index contributed by atoms with van der Waals surface area (Å²) in [5, 5.41) is 11.4. The first-order valence-electron chi connectivity index (χ1n) is 2.95. The fourth-order valence-electron chi connectivity index (χ4n) is 0.709. The second kappa shape index (κ2) is 4.64. The first kappa shape index (κ1) is 10.6. The molecule has 0 radical (unpaired) electrons. The highest BCUT2D eigenvalue weighted by Gasteiger charge is 2.05. The third-order valence-corrected chi connectivity index (χ3v) is 3.40. The van der Waals surface area contributed by atoms with E-state index in [9.17, 15) is 0 Å². The van der Waals surface area contributed by atoms with Crippen LogP contribution in [-0.2, 0) is 0 Å². The van der Waals surface area contributed by atoms with E-state index in [1.165, 1.54) is 0 Å². The van der Waals surface area contributed by atoms with Gasteiger partial charge in [0, 0.05) is 14.7 Å². The Bertz CT molecular complexity index is 267. The molecule has 12 heavy (non-hydrogen) atoms. The minimum Gasteiger partial charge on any atom is -0.274 e. The predicted octanol–water partition coefficient (Wildman–Crippen LogP) is 2.56. The Morgan fingerprint density at radius 1 is 1.17 bits per heavy atom. The molecule has 0 saturated carbocycles. The van der Waals surface area contributed by atoms with Gasteiger partial charge in [0.25, 0.3) is 0 Å². The number of halogens is 1. The Kier molecular flexibility index (Phi) is 4.09. The Labute approximate surface area is 90.1 Å². The van der Waals surface area contributed by atoms with Crippen LogP contribution in [-0.4, -0.2) is 0 Å². The van der Waals surface area contributed by atoms with Crippen molar-refractivity contribution in [3.05, 3.63) is 17.2 Å². The summed E-state index contributed by atoms with van der Waals surface area (Å²) in [6.45, 7) is 0. The fraction of sp³-hybridized carbons (Fsp3) is 0. The second-order valence-electron chi connectivity index (χ2n) is 1.99. The summed E-state index contributed by atoms with van der Waals surface area (Å²) in [5.41, 5.74) is 0. The van der Waals surface area contributed by atoms with Crippen molar-refractivity contribution in [2.24, 2.45) is 10.3 Å². The lowest BCUT2D eigenvalue weighted by Crippen LogP contribution is -1.87. The number of hydrogen-bond acceptors (Lipinski definition) is 5. The highest BCUT2D eigenvalue weighted by atomic mass is 35.5. The highest BCUT2D eigenvalue weighted by molar-refractivity contribution is 7.98. The van der Waals surface area contributed by atoms with Gasteiger partial charge in [0.2, 0.25) is 0 Å². The lowest BCUT2D eigenvalue weighted by atomic mass is 10.3. The van der Waals surface area contributed by atoms with Crippen LogP contribution in [0.15, 0.2) is 26.8 Å². The molecule has 0 heterocycles. The minimum atomic E-state index is 0.602. The molecule has 1 aromatic rings. The van der Waals surface area contributed by atoms with E-state index in [0.717, 1.165) is 38.6 Å². The number of rotatable bonds is 2. The lowest BCUT2D eigenvalue weighted by molar-refractivity contribution is 1.19. The Morgan fingerprint density at radius 3 is 2.25 bits per heavy atom. The van der Waals surface area contributed by atoms with Gasteiger partial charge in [-0.1, -0.05) is 11.6 Å². The molecule has 0 aliphatic heterocycles. The number of nitrogens with two attached hydrogens (primary N) is 2. The Morgan fingerprint density at radius 2 is 1.75 bits per heavy atom. The first-order chi connectivity index (χ1) is 5.69. The first-order valence-corrected chi connectivity index (χ1v) is 5.53. The van der Waals surface area contributed by atoms with E-state index in [1.54, 1.807) is 6.07 Å². The monoisotopic (exact) mass is 238 g/mol. The molecular weight excluding hydrogens is 232 g/mol. The van der Waals surface area contributed by atoms with Crippen molar-refractivity contribution in [3.63, 3.8) is 0 Å². The van der Waals surface area contributed by atoms with Gasteiger partial charge < -0.3 is 0 Å². The molecule has 2 nitrogen and oxygen atoms in total. The summed E-state index contributed by atoms with van der Waals surface area (Å²) < 4.78 is 0. The van der Waals surface area contributed by atoms with Crippen LogP contribution in [0.4, 0.5) is 0 Å². The maximum atomic E-state index is 5.86. The van der Waals surface area contributed by atoms with Crippen LogP contribution in [0, 0.1) is 0 Å². The van der Waals surface area contributed by atoms with Crippen LogP contribution in [0.25, 0.3) is 0 Å². The zero-order valence-electron chi connectivity index (χ0n) is 5.95. The van der Waals surface area contributed by atoms with E-state index in [4.69, 9.17) is 21.9 Å². The van der Waals surface area contributed by atoms with Crippen LogP contribution in [0.1, 0.15) is 0 Å². The zero-order valence-corrected chi connectivity index (χ0v) is 9.23. The average molecular weight is 239 g/mol. The topological polar surface area (TPSA) is 52.0 Å². The summed E-state index contributed by atoms with van der Waals surface area (Å²) in [7, 11) is 0. The molecule has 0 saturated heterocycles. The molecular formula is C6H7ClN2S3. The molecule has 4 N–H and O–H groups in total. The molecule has 0 aliphatic rings. The summed E-state index contributed by atoms with van der Waals surface area (Å²) in [4.78, 5) is 2.45.